The average molecular weight is 413 g/mol. The lowest BCUT2D eigenvalue weighted by atomic mass is 10.1. The Morgan fingerprint density at radius 2 is 1.86 bits per heavy atom. The van der Waals surface area contributed by atoms with Crippen LogP contribution in [0.3, 0.4) is 0 Å². The molecule has 1 saturated carbocycles. The molecule has 2 N–H and O–H groups in total. The number of ether oxygens (including phenoxy) is 1. The highest BCUT2D eigenvalue weighted by Gasteiger charge is 2.22. The summed E-state index contributed by atoms with van der Waals surface area (Å²) in [5.74, 6) is -1.15. The second-order valence-corrected chi connectivity index (χ2v) is 8.67. The number of benzene rings is 1. The van der Waals surface area contributed by atoms with Gasteiger partial charge in [-0.15, -0.1) is 11.3 Å². The van der Waals surface area contributed by atoms with Gasteiger partial charge in [0.1, 0.15) is 4.88 Å². The fourth-order valence-corrected chi connectivity index (χ4v) is 5.09. The van der Waals surface area contributed by atoms with Crippen molar-refractivity contribution >= 4 is 34.8 Å². The number of hydrogen-bond donors (Lipinski definition) is 2. The Bertz CT molecular complexity index is 909. The number of hydrogen-bond acceptors (Lipinski definition) is 5. The van der Waals surface area contributed by atoms with Gasteiger partial charge in [0.05, 0.1) is 11.3 Å². The van der Waals surface area contributed by atoms with Gasteiger partial charge in [0.25, 0.3) is 11.8 Å². The molecule has 4 rings (SSSR count). The van der Waals surface area contributed by atoms with Crippen molar-refractivity contribution in [3.05, 3.63) is 51.2 Å². The van der Waals surface area contributed by atoms with Gasteiger partial charge in [0.2, 0.25) is 0 Å². The first-order valence-electron chi connectivity index (χ1n) is 10.1. The first-order valence-corrected chi connectivity index (χ1v) is 10.9. The summed E-state index contributed by atoms with van der Waals surface area (Å²) in [7, 11) is 0. The highest BCUT2D eigenvalue weighted by Crippen LogP contribution is 2.31. The highest BCUT2D eigenvalue weighted by molar-refractivity contribution is 7.14. The number of amides is 2. The maximum Gasteiger partial charge on any atom is 0.348 e. The average Bonchev–Trinajstić information content (AvgIpc) is 3.44. The van der Waals surface area contributed by atoms with E-state index in [0.29, 0.717) is 16.1 Å². The number of para-hydroxylation sites is 1. The number of thiophene rings is 1. The normalized spacial score (nSPS) is 15.7. The van der Waals surface area contributed by atoms with E-state index in [0.717, 1.165) is 44.9 Å². The summed E-state index contributed by atoms with van der Waals surface area (Å²) in [6.45, 7) is -0.389. The van der Waals surface area contributed by atoms with E-state index >= 15 is 0 Å². The summed E-state index contributed by atoms with van der Waals surface area (Å²) in [5.41, 5.74) is 2.04. The molecule has 2 aromatic rings. The van der Waals surface area contributed by atoms with E-state index in [2.05, 4.69) is 10.6 Å². The number of esters is 1. The summed E-state index contributed by atoms with van der Waals surface area (Å²) in [6.07, 6.45) is 7.37. The molecule has 1 fully saturated rings. The number of fused-ring (bicyclic) bond motifs is 1. The molecule has 2 amide bonds. The van der Waals surface area contributed by atoms with Crippen LogP contribution in [0.2, 0.25) is 0 Å². The van der Waals surface area contributed by atoms with Crippen LogP contribution in [0.1, 0.15) is 62.6 Å². The van der Waals surface area contributed by atoms with Crippen molar-refractivity contribution in [3.8, 4) is 0 Å². The van der Waals surface area contributed by atoms with E-state index in [9.17, 15) is 14.4 Å². The quantitative estimate of drug-likeness (QED) is 0.709. The van der Waals surface area contributed by atoms with Gasteiger partial charge in [-0.3, -0.25) is 9.59 Å². The van der Waals surface area contributed by atoms with Gasteiger partial charge in [0, 0.05) is 10.9 Å². The third-order valence-electron chi connectivity index (χ3n) is 5.42. The Hall–Kier alpha value is -2.67. The zero-order chi connectivity index (χ0) is 20.2. The van der Waals surface area contributed by atoms with Crippen LogP contribution < -0.4 is 10.6 Å². The molecular weight excluding hydrogens is 388 g/mol. The summed E-state index contributed by atoms with van der Waals surface area (Å²) in [4.78, 5) is 38.9. The fraction of sp³-hybridized carbons (Fsp3) is 0.409. The molecular formula is C22H24N2O4S. The summed E-state index contributed by atoms with van der Waals surface area (Å²) in [6, 6.07) is 8.93. The molecule has 0 unspecified atom stereocenters. The Balaban J connectivity index is 1.33. The minimum Gasteiger partial charge on any atom is -0.451 e. The van der Waals surface area contributed by atoms with Crippen molar-refractivity contribution in [3.63, 3.8) is 0 Å². The number of carbonyl (C=O) groups excluding carboxylic acids is 3. The van der Waals surface area contributed by atoms with Crippen LogP contribution in [-0.2, 0) is 22.4 Å². The maximum absolute atomic E-state index is 12.6. The van der Waals surface area contributed by atoms with E-state index in [1.807, 2.05) is 6.07 Å². The lowest BCUT2D eigenvalue weighted by Crippen LogP contribution is -2.33. The first kappa shape index (κ1) is 19.6. The fourth-order valence-electron chi connectivity index (χ4n) is 3.94. The first-order chi connectivity index (χ1) is 14.1. The number of aryl methyl sites for hydroxylation is 2. The zero-order valence-corrected chi connectivity index (χ0v) is 17.0. The Kier molecular flexibility index (Phi) is 5.94. The SMILES string of the molecule is O=C(COC(=O)c1cc2c(s1)CCC2)Nc1ccccc1C(=O)NC1CCCC1. The lowest BCUT2D eigenvalue weighted by Gasteiger charge is -2.15. The van der Waals surface area contributed by atoms with Crippen LogP contribution in [-0.4, -0.2) is 30.4 Å². The molecule has 2 aliphatic rings. The van der Waals surface area contributed by atoms with Crippen LogP contribution >= 0.6 is 11.3 Å². The number of nitrogens with one attached hydrogen (secondary N) is 2. The Labute approximate surface area is 173 Å². The predicted molar refractivity (Wildman–Crippen MR) is 111 cm³/mol. The van der Waals surface area contributed by atoms with Crippen LogP contribution in [0.25, 0.3) is 0 Å². The summed E-state index contributed by atoms with van der Waals surface area (Å²) >= 11 is 1.45. The third-order valence-corrected chi connectivity index (χ3v) is 6.64. The topological polar surface area (TPSA) is 84.5 Å². The molecule has 6 nitrogen and oxygen atoms in total. The van der Waals surface area contributed by atoms with Crippen molar-refractivity contribution in [1.82, 2.24) is 5.32 Å². The summed E-state index contributed by atoms with van der Waals surface area (Å²) < 4.78 is 5.17. The molecule has 0 saturated heterocycles. The predicted octanol–water partition coefficient (Wildman–Crippen LogP) is 3.70. The number of anilines is 1. The number of rotatable bonds is 6. The van der Waals surface area contributed by atoms with Crippen molar-refractivity contribution in [2.75, 3.05) is 11.9 Å². The maximum atomic E-state index is 12.6. The van der Waals surface area contributed by atoms with E-state index in [1.165, 1.54) is 21.8 Å². The molecule has 0 spiro atoms. The molecule has 7 heteroatoms. The Morgan fingerprint density at radius 1 is 1.07 bits per heavy atom. The van der Waals surface area contributed by atoms with Gasteiger partial charge in [-0.05, 0) is 55.9 Å². The van der Waals surface area contributed by atoms with E-state index in [4.69, 9.17) is 4.74 Å². The molecule has 0 radical (unpaired) electrons. The van der Waals surface area contributed by atoms with Gasteiger partial charge in [-0.1, -0.05) is 25.0 Å². The molecule has 0 aliphatic heterocycles. The minimum atomic E-state index is -0.480. The monoisotopic (exact) mass is 412 g/mol. The van der Waals surface area contributed by atoms with Crippen LogP contribution in [0.15, 0.2) is 30.3 Å². The van der Waals surface area contributed by atoms with Crippen LogP contribution in [0.4, 0.5) is 5.69 Å². The standard InChI is InChI=1S/C22H24N2O4S/c25-20(13-28-22(27)19-12-14-6-5-11-18(14)29-19)24-17-10-4-3-9-16(17)21(26)23-15-7-1-2-8-15/h3-4,9-10,12,15H,1-2,5-8,11,13H2,(H,23,26)(H,24,25). The summed E-state index contributed by atoms with van der Waals surface area (Å²) in [5, 5.41) is 5.71. The van der Waals surface area contributed by atoms with Crippen molar-refractivity contribution in [1.29, 1.82) is 0 Å². The third kappa shape index (κ3) is 4.67. The molecule has 29 heavy (non-hydrogen) atoms. The smallest absolute Gasteiger partial charge is 0.348 e. The van der Waals surface area contributed by atoms with Crippen LogP contribution in [0.5, 0.6) is 0 Å². The second-order valence-electron chi connectivity index (χ2n) is 7.54. The largest absolute Gasteiger partial charge is 0.451 e. The Morgan fingerprint density at radius 3 is 2.66 bits per heavy atom. The van der Waals surface area contributed by atoms with E-state index < -0.39 is 11.9 Å². The van der Waals surface area contributed by atoms with E-state index in [-0.39, 0.29) is 18.6 Å². The van der Waals surface area contributed by atoms with Gasteiger partial charge in [0.15, 0.2) is 6.61 Å². The van der Waals surface area contributed by atoms with Crippen LogP contribution in [0, 0.1) is 0 Å². The second kappa shape index (κ2) is 8.78. The molecule has 1 heterocycles. The lowest BCUT2D eigenvalue weighted by molar-refractivity contribution is -0.119. The molecule has 2 aliphatic carbocycles. The molecule has 0 atom stereocenters. The zero-order valence-electron chi connectivity index (χ0n) is 16.2. The molecule has 0 bridgehead atoms. The molecule has 1 aromatic carbocycles. The van der Waals surface area contributed by atoms with E-state index in [1.54, 1.807) is 24.3 Å². The molecule has 1 aromatic heterocycles. The van der Waals surface area contributed by atoms with Crippen molar-refractivity contribution in [2.45, 2.75) is 51.0 Å². The number of carbonyl (C=O) groups is 3. The van der Waals surface area contributed by atoms with Crippen molar-refractivity contribution < 1.29 is 19.1 Å². The van der Waals surface area contributed by atoms with Gasteiger partial charge in [-0.25, -0.2) is 4.79 Å². The van der Waals surface area contributed by atoms with Gasteiger partial charge < -0.3 is 15.4 Å². The molecule has 152 valence electrons. The minimum absolute atomic E-state index is 0.194. The van der Waals surface area contributed by atoms with Gasteiger partial charge >= 0.3 is 5.97 Å². The van der Waals surface area contributed by atoms with Gasteiger partial charge in [-0.2, -0.15) is 0 Å². The highest BCUT2D eigenvalue weighted by atomic mass is 32.1. The van der Waals surface area contributed by atoms with Crippen molar-refractivity contribution in [2.24, 2.45) is 0 Å².